The number of rotatable bonds is 4. The van der Waals surface area contributed by atoms with Gasteiger partial charge in [-0.15, -0.1) is 0 Å². The largest absolute Gasteiger partial charge is 0.453 e. The zero-order valence-corrected chi connectivity index (χ0v) is 18.0. The van der Waals surface area contributed by atoms with Crippen LogP contribution in [0.5, 0.6) is 0 Å². The number of aliphatic hydroxyl groups excluding tert-OH is 1. The number of hydrogen-bond donors (Lipinski definition) is 2. The number of ether oxygens (including phenoxy) is 2. The van der Waals surface area contributed by atoms with Crippen LogP contribution in [-0.4, -0.2) is 96.2 Å². The molecule has 5 atom stereocenters. The average molecular weight is 413 g/mol. The molecule has 2 amide bonds. The fourth-order valence-corrected chi connectivity index (χ4v) is 5.25. The quantitative estimate of drug-likeness (QED) is 0.718. The maximum atomic E-state index is 12.8. The van der Waals surface area contributed by atoms with Gasteiger partial charge in [0.05, 0.1) is 37.9 Å². The van der Waals surface area contributed by atoms with E-state index in [1.165, 1.54) is 7.11 Å². The van der Waals surface area contributed by atoms with Gasteiger partial charge in [0.15, 0.2) is 0 Å². The first-order valence-corrected chi connectivity index (χ1v) is 10.8. The number of carbonyl (C=O) groups is 2. The van der Waals surface area contributed by atoms with Gasteiger partial charge in [-0.05, 0) is 51.9 Å². The lowest BCUT2D eigenvalue weighted by molar-refractivity contribution is -0.0444. The Kier molecular flexibility index (Phi) is 7.23. The Morgan fingerprint density at radius 1 is 1.14 bits per heavy atom. The highest BCUT2D eigenvalue weighted by molar-refractivity contribution is 5.71. The monoisotopic (exact) mass is 412 g/mol. The highest BCUT2D eigenvalue weighted by Crippen LogP contribution is 2.40. The standard InChI is InChI=1S/C20H36N4O5/c1-13(2)29-19(26)23-11-14(3)24(20(27)28-4)17-6-5-15(9-18(17)23)16-10-21-22(12-16)7-8-25/h13-18,21,25H,5-12H2,1-4H3/t14-,15?,16?,17?,18?/m0/s1. The number of methoxy groups -OCH3 is 1. The van der Waals surface area contributed by atoms with Crippen molar-refractivity contribution in [1.29, 1.82) is 0 Å². The second-order valence-corrected chi connectivity index (χ2v) is 8.81. The Morgan fingerprint density at radius 3 is 2.55 bits per heavy atom. The van der Waals surface area contributed by atoms with Crippen molar-refractivity contribution in [3.63, 3.8) is 0 Å². The molecule has 0 radical (unpaired) electrons. The summed E-state index contributed by atoms with van der Waals surface area (Å²) in [6.07, 6.45) is 1.90. The topological polar surface area (TPSA) is 94.6 Å². The van der Waals surface area contributed by atoms with Crippen molar-refractivity contribution in [2.75, 3.05) is 39.9 Å². The summed E-state index contributed by atoms with van der Waals surface area (Å²) in [6, 6.07) is -0.236. The third kappa shape index (κ3) is 4.78. The van der Waals surface area contributed by atoms with Crippen LogP contribution >= 0.6 is 0 Å². The Balaban J connectivity index is 1.77. The summed E-state index contributed by atoms with van der Waals surface area (Å²) in [7, 11) is 1.41. The Bertz CT molecular complexity index is 589. The van der Waals surface area contributed by atoms with Crippen molar-refractivity contribution in [1.82, 2.24) is 20.2 Å². The minimum atomic E-state index is -0.320. The van der Waals surface area contributed by atoms with Crippen LogP contribution in [0, 0.1) is 11.8 Å². The molecule has 0 spiro atoms. The van der Waals surface area contributed by atoms with Crippen LogP contribution in [0.15, 0.2) is 0 Å². The molecule has 0 bridgehead atoms. The summed E-state index contributed by atoms with van der Waals surface area (Å²) < 4.78 is 10.6. The lowest BCUT2D eigenvalue weighted by atomic mass is 9.73. The summed E-state index contributed by atoms with van der Waals surface area (Å²) in [5, 5.41) is 11.3. The van der Waals surface area contributed by atoms with Crippen LogP contribution in [0.2, 0.25) is 0 Å². The van der Waals surface area contributed by atoms with E-state index in [1.54, 1.807) is 0 Å². The van der Waals surface area contributed by atoms with Gasteiger partial charge in [-0.1, -0.05) is 0 Å². The van der Waals surface area contributed by atoms with E-state index >= 15 is 0 Å². The Morgan fingerprint density at radius 2 is 1.90 bits per heavy atom. The van der Waals surface area contributed by atoms with Gasteiger partial charge >= 0.3 is 12.2 Å². The summed E-state index contributed by atoms with van der Waals surface area (Å²) in [5.41, 5.74) is 3.36. The second kappa shape index (κ2) is 9.49. The Hall–Kier alpha value is -1.58. The maximum absolute atomic E-state index is 12.8. The third-order valence-corrected chi connectivity index (χ3v) is 6.54. The number of β-amino-alcohol motifs (C(OH)–C–C–N with tert-alkyl or cyclic N) is 1. The number of nitrogens with zero attached hydrogens (tertiary/aromatic N) is 3. The van der Waals surface area contributed by atoms with Crippen LogP contribution < -0.4 is 5.43 Å². The van der Waals surface area contributed by atoms with Gasteiger partial charge in [-0.2, -0.15) is 0 Å². The molecule has 2 saturated heterocycles. The third-order valence-electron chi connectivity index (χ3n) is 6.54. The van der Waals surface area contributed by atoms with E-state index in [4.69, 9.17) is 9.47 Å². The smallest absolute Gasteiger partial charge is 0.410 e. The van der Waals surface area contributed by atoms with Gasteiger partial charge < -0.3 is 19.5 Å². The van der Waals surface area contributed by atoms with Gasteiger partial charge in [-0.3, -0.25) is 10.3 Å². The second-order valence-electron chi connectivity index (χ2n) is 8.81. The SMILES string of the molecule is COC(=O)N1C2CCC(C3CNN(CCO)C3)CC2N(C(=O)OC(C)C)C[C@@H]1C. The maximum Gasteiger partial charge on any atom is 0.410 e. The number of fused-ring (bicyclic) bond motifs is 1. The summed E-state index contributed by atoms with van der Waals surface area (Å²) in [6.45, 7) is 8.66. The molecule has 3 fully saturated rings. The number of hydrogen-bond acceptors (Lipinski definition) is 7. The Labute approximate surface area is 173 Å². The molecule has 1 saturated carbocycles. The van der Waals surface area contributed by atoms with E-state index in [9.17, 15) is 14.7 Å². The van der Waals surface area contributed by atoms with Crippen molar-refractivity contribution in [3.05, 3.63) is 0 Å². The molecule has 2 aliphatic heterocycles. The predicted octanol–water partition coefficient (Wildman–Crippen LogP) is 1.27. The summed E-state index contributed by atoms with van der Waals surface area (Å²) in [4.78, 5) is 29.0. The number of hydrazine groups is 1. The molecule has 3 rings (SSSR count). The number of nitrogens with one attached hydrogen (secondary N) is 1. The lowest BCUT2D eigenvalue weighted by Gasteiger charge is -2.53. The van der Waals surface area contributed by atoms with Gasteiger partial charge in [0.25, 0.3) is 0 Å². The van der Waals surface area contributed by atoms with Crippen LogP contribution in [0.4, 0.5) is 9.59 Å². The highest BCUT2D eigenvalue weighted by Gasteiger charge is 2.49. The molecular formula is C20H36N4O5. The fourth-order valence-electron chi connectivity index (χ4n) is 5.25. The molecule has 4 unspecified atom stereocenters. The number of piperazine rings is 1. The van der Waals surface area contributed by atoms with Gasteiger partial charge in [0.2, 0.25) is 0 Å². The predicted molar refractivity (Wildman–Crippen MR) is 107 cm³/mol. The number of aliphatic hydroxyl groups is 1. The number of amides is 2. The van der Waals surface area contributed by atoms with Gasteiger partial charge in [0, 0.05) is 26.2 Å². The van der Waals surface area contributed by atoms with E-state index in [0.717, 1.165) is 32.4 Å². The van der Waals surface area contributed by atoms with Gasteiger partial charge in [-0.25, -0.2) is 14.6 Å². The molecule has 2 N–H and O–H groups in total. The van der Waals surface area contributed by atoms with Crippen LogP contribution in [-0.2, 0) is 9.47 Å². The zero-order chi connectivity index (χ0) is 21.1. The first-order chi connectivity index (χ1) is 13.8. The molecule has 9 nitrogen and oxygen atoms in total. The normalized spacial score (nSPS) is 33.0. The molecule has 0 aromatic heterocycles. The van der Waals surface area contributed by atoms with Crippen molar-refractivity contribution >= 4 is 12.2 Å². The highest BCUT2D eigenvalue weighted by atomic mass is 16.6. The molecule has 2 heterocycles. The van der Waals surface area contributed by atoms with Crippen LogP contribution in [0.1, 0.15) is 40.0 Å². The van der Waals surface area contributed by atoms with E-state index in [0.29, 0.717) is 24.9 Å². The summed E-state index contributed by atoms with van der Waals surface area (Å²) in [5.74, 6) is 0.922. The molecular weight excluding hydrogens is 376 g/mol. The number of carbonyl (C=O) groups excluding carboxylic acids is 2. The van der Waals surface area contributed by atoms with Gasteiger partial charge in [0.1, 0.15) is 0 Å². The van der Waals surface area contributed by atoms with E-state index in [1.807, 2.05) is 30.6 Å². The van der Waals surface area contributed by atoms with Crippen molar-refractivity contribution in [3.8, 4) is 0 Å². The molecule has 166 valence electrons. The molecule has 3 aliphatic rings. The zero-order valence-electron chi connectivity index (χ0n) is 18.0. The minimum absolute atomic E-state index is 0.0509. The van der Waals surface area contributed by atoms with E-state index in [2.05, 4.69) is 10.4 Å². The van der Waals surface area contributed by atoms with E-state index < -0.39 is 0 Å². The van der Waals surface area contributed by atoms with Crippen LogP contribution in [0.3, 0.4) is 0 Å². The van der Waals surface area contributed by atoms with Crippen molar-refractivity contribution in [2.45, 2.75) is 64.3 Å². The lowest BCUT2D eigenvalue weighted by Crippen LogP contribution is -2.67. The summed E-state index contributed by atoms with van der Waals surface area (Å²) >= 11 is 0. The molecule has 1 aliphatic carbocycles. The minimum Gasteiger partial charge on any atom is -0.453 e. The van der Waals surface area contributed by atoms with Crippen molar-refractivity contribution in [2.24, 2.45) is 11.8 Å². The van der Waals surface area contributed by atoms with E-state index in [-0.39, 0.29) is 43.0 Å². The fraction of sp³-hybridized carbons (Fsp3) is 0.900. The molecule has 0 aromatic carbocycles. The first kappa shape index (κ1) is 22.1. The molecule has 0 aromatic rings. The van der Waals surface area contributed by atoms with Crippen molar-refractivity contribution < 1.29 is 24.2 Å². The van der Waals surface area contributed by atoms with Crippen LogP contribution in [0.25, 0.3) is 0 Å². The average Bonchev–Trinajstić information content (AvgIpc) is 3.15. The molecule has 29 heavy (non-hydrogen) atoms. The first-order valence-electron chi connectivity index (χ1n) is 10.8. The molecule has 9 heteroatoms.